The summed E-state index contributed by atoms with van der Waals surface area (Å²) < 4.78 is 11.1. The van der Waals surface area contributed by atoms with E-state index in [0.717, 1.165) is 42.6 Å². The van der Waals surface area contributed by atoms with Crippen LogP contribution in [0.3, 0.4) is 0 Å². The molecule has 174 valence electrons. The molecule has 4 rings (SSSR count). The molecule has 0 spiro atoms. The third-order valence-electron chi connectivity index (χ3n) is 5.98. The van der Waals surface area contributed by atoms with Crippen molar-refractivity contribution in [2.45, 2.75) is 38.6 Å². The Morgan fingerprint density at radius 1 is 1.06 bits per heavy atom. The smallest absolute Gasteiger partial charge is 0.273 e. The number of carbonyl (C=O) groups is 1. The fourth-order valence-electron chi connectivity index (χ4n) is 4.32. The van der Waals surface area contributed by atoms with Gasteiger partial charge in [0.05, 0.1) is 12.6 Å². The Balaban J connectivity index is 1.68. The average Bonchev–Trinajstić information content (AvgIpc) is 3.37. The van der Waals surface area contributed by atoms with Crippen LogP contribution >= 0.6 is 0 Å². The van der Waals surface area contributed by atoms with Gasteiger partial charge in [-0.25, -0.2) is 0 Å². The number of ether oxygens (including phenoxy) is 2. The fourth-order valence-corrected chi connectivity index (χ4v) is 4.32. The molecule has 1 amide bonds. The topological polar surface area (TPSA) is 87.7 Å². The van der Waals surface area contributed by atoms with Crippen LogP contribution in [0.15, 0.2) is 48.5 Å². The van der Waals surface area contributed by atoms with Crippen LogP contribution in [0.1, 0.15) is 60.3 Å². The molecular formula is C26H31N3O4. The molecule has 7 heteroatoms. The van der Waals surface area contributed by atoms with E-state index in [2.05, 4.69) is 17.1 Å². The van der Waals surface area contributed by atoms with Crippen molar-refractivity contribution in [3.05, 3.63) is 65.4 Å². The number of aromatic nitrogens is 2. The van der Waals surface area contributed by atoms with Gasteiger partial charge in [0.25, 0.3) is 5.91 Å². The SMILES string of the molecule is CCCCCOc1ccc([C@H]2c3c(-c4ccccc4O)n[nH]c3C(=O)N2CCCOC)cc1. The largest absolute Gasteiger partial charge is 0.507 e. The van der Waals surface area contributed by atoms with E-state index in [1.807, 2.05) is 41.3 Å². The van der Waals surface area contributed by atoms with Gasteiger partial charge in [0.1, 0.15) is 22.9 Å². The van der Waals surface area contributed by atoms with E-state index < -0.39 is 0 Å². The Labute approximate surface area is 194 Å². The number of fused-ring (bicyclic) bond motifs is 1. The molecule has 0 aliphatic carbocycles. The molecule has 2 heterocycles. The van der Waals surface area contributed by atoms with E-state index >= 15 is 0 Å². The van der Waals surface area contributed by atoms with Crippen molar-refractivity contribution in [3.8, 4) is 22.8 Å². The zero-order chi connectivity index (χ0) is 23.2. The molecule has 0 bridgehead atoms. The Morgan fingerprint density at radius 2 is 1.85 bits per heavy atom. The summed E-state index contributed by atoms with van der Waals surface area (Å²) in [4.78, 5) is 15.2. The summed E-state index contributed by atoms with van der Waals surface area (Å²) >= 11 is 0. The number of phenols is 1. The third kappa shape index (κ3) is 4.73. The zero-order valence-electron chi connectivity index (χ0n) is 19.2. The number of nitrogens with one attached hydrogen (secondary N) is 1. The summed E-state index contributed by atoms with van der Waals surface area (Å²) in [6.45, 7) is 3.99. The van der Waals surface area contributed by atoms with Crippen molar-refractivity contribution in [1.29, 1.82) is 0 Å². The monoisotopic (exact) mass is 449 g/mol. The molecule has 7 nitrogen and oxygen atoms in total. The number of H-pyrrole nitrogens is 1. The van der Waals surface area contributed by atoms with Crippen LogP contribution in [0.2, 0.25) is 0 Å². The van der Waals surface area contributed by atoms with Gasteiger partial charge in [0, 0.05) is 31.4 Å². The quantitative estimate of drug-likeness (QED) is 0.405. The van der Waals surface area contributed by atoms with Crippen LogP contribution in [0.4, 0.5) is 0 Å². The number of methoxy groups -OCH3 is 1. The number of rotatable bonds is 11. The molecule has 33 heavy (non-hydrogen) atoms. The molecule has 1 aliphatic rings. The van der Waals surface area contributed by atoms with E-state index in [1.165, 1.54) is 0 Å². The van der Waals surface area contributed by atoms with Gasteiger partial charge >= 0.3 is 0 Å². The lowest BCUT2D eigenvalue weighted by Crippen LogP contribution is -2.31. The normalized spacial score (nSPS) is 15.2. The molecular weight excluding hydrogens is 418 g/mol. The maximum absolute atomic E-state index is 13.3. The first-order valence-corrected chi connectivity index (χ1v) is 11.5. The van der Waals surface area contributed by atoms with Crippen molar-refractivity contribution in [2.24, 2.45) is 0 Å². The minimum atomic E-state index is -0.313. The number of hydrogen-bond donors (Lipinski definition) is 2. The van der Waals surface area contributed by atoms with Crippen molar-refractivity contribution in [1.82, 2.24) is 15.1 Å². The number of hydrogen-bond acceptors (Lipinski definition) is 5. The summed E-state index contributed by atoms with van der Waals surface area (Å²) in [5.74, 6) is 0.852. The highest BCUT2D eigenvalue weighted by Crippen LogP contribution is 2.44. The van der Waals surface area contributed by atoms with Gasteiger partial charge in [-0.3, -0.25) is 9.89 Å². The molecule has 2 N–H and O–H groups in total. The van der Waals surface area contributed by atoms with Gasteiger partial charge in [-0.1, -0.05) is 44.0 Å². The van der Waals surface area contributed by atoms with E-state index in [1.54, 1.807) is 19.2 Å². The average molecular weight is 450 g/mol. The van der Waals surface area contributed by atoms with Crippen molar-refractivity contribution >= 4 is 5.91 Å². The van der Waals surface area contributed by atoms with E-state index in [0.29, 0.717) is 36.7 Å². The van der Waals surface area contributed by atoms with E-state index in [-0.39, 0.29) is 17.7 Å². The summed E-state index contributed by atoms with van der Waals surface area (Å²) in [7, 11) is 1.66. The van der Waals surface area contributed by atoms with Gasteiger partial charge in [0.15, 0.2) is 0 Å². The summed E-state index contributed by atoms with van der Waals surface area (Å²) in [6.07, 6.45) is 4.06. The molecule has 1 aliphatic heterocycles. The Bertz CT molecular complexity index is 1080. The number of aromatic hydroxyl groups is 1. The molecule has 3 aromatic rings. The van der Waals surface area contributed by atoms with Gasteiger partial charge in [-0.05, 0) is 42.7 Å². The fraction of sp³-hybridized carbons (Fsp3) is 0.385. The number of phenolic OH excluding ortho intramolecular Hbond substituents is 1. The highest BCUT2D eigenvalue weighted by Gasteiger charge is 2.42. The van der Waals surface area contributed by atoms with Crippen LogP contribution in [0.25, 0.3) is 11.3 Å². The number of nitrogens with zero attached hydrogens (tertiary/aromatic N) is 2. The van der Waals surface area contributed by atoms with E-state index in [9.17, 15) is 9.90 Å². The maximum Gasteiger partial charge on any atom is 0.273 e. The van der Waals surface area contributed by atoms with E-state index in [4.69, 9.17) is 9.47 Å². The van der Waals surface area contributed by atoms with Crippen LogP contribution in [0.5, 0.6) is 11.5 Å². The first-order valence-electron chi connectivity index (χ1n) is 11.5. The standard InChI is InChI=1S/C26H31N3O4/c1-3-4-7-17-33-19-13-11-18(12-14-19)25-22-23(20-9-5-6-10-21(20)30)27-28-24(22)26(31)29(25)15-8-16-32-2/h5-6,9-14,25,30H,3-4,7-8,15-17H2,1-2H3,(H,27,28)/t25-/m0/s1. The first kappa shape index (κ1) is 22.9. The van der Waals surface area contributed by atoms with Crippen molar-refractivity contribution in [2.75, 3.05) is 26.9 Å². The predicted molar refractivity (Wildman–Crippen MR) is 127 cm³/mol. The number of para-hydroxylation sites is 1. The molecule has 0 saturated heterocycles. The van der Waals surface area contributed by atoms with Crippen LogP contribution in [-0.2, 0) is 4.74 Å². The third-order valence-corrected chi connectivity index (χ3v) is 5.98. The maximum atomic E-state index is 13.3. The second-order valence-electron chi connectivity index (χ2n) is 8.25. The lowest BCUT2D eigenvalue weighted by molar-refractivity contribution is 0.0723. The van der Waals surface area contributed by atoms with Gasteiger partial charge in [-0.15, -0.1) is 0 Å². The molecule has 0 unspecified atom stereocenters. The number of carbonyl (C=O) groups excluding carboxylic acids is 1. The van der Waals surface area contributed by atoms with Gasteiger partial charge in [0.2, 0.25) is 0 Å². The van der Waals surface area contributed by atoms with Crippen molar-refractivity contribution < 1.29 is 19.4 Å². The number of benzene rings is 2. The molecule has 0 radical (unpaired) electrons. The van der Waals surface area contributed by atoms with Crippen LogP contribution in [0, 0.1) is 0 Å². The number of unbranched alkanes of at least 4 members (excludes halogenated alkanes) is 2. The second kappa shape index (κ2) is 10.5. The minimum Gasteiger partial charge on any atom is -0.507 e. The first-order chi connectivity index (χ1) is 16.2. The lowest BCUT2D eigenvalue weighted by atomic mass is 9.95. The highest BCUT2D eigenvalue weighted by molar-refractivity contribution is 6.00. The van der Waals surface area contributed by atoms with Crippen LogP contribution in [-0.4, -0.2) is 53.0 Å². The number of amides is 1. The summed E-state index contributed by atoms with van der Waals surface area (Å²) in [5, 5.41) is 17.8. The number of aromatic amines is 1. The second-order valence-corrected chi connectivity index (χ2v) is 8.25. The Hall–Kier alpha value is -3.32. The highest BCUT2D eigenvalue weighted by atomic mass is 16.5. The minimum absolute atomic E-state index is 0.0971. The molecule has 0 fully saturated rings. The zero-order valence-corrected chi connectivity index (χ0v) is 19.2. The predicted octanol–water partition coefficient (Wildman–Crippen LogP) is 4.93. The summed E-state index contributed by atoms with van der Waals surface area (Å²) in [6, 6.07) is 14.7. The van der Waals surface area contributed by atoms with Gasteiger partial charge in [-0.2, -0.15) is 5.10 Å². The molecule has 1 aromatic heterocycles. The van der Waals surface area contributed by atoms with Gasteiger partial charge < -0.3 is 19.5 Å². The molecule has 2 aromatic carbocycles. The Kier molecular flexibility index (Phi) is 7.29. The van der Waals surface area contributed by atoms with Crippen molar-refractivity contribution in [3.63, 3.8) is 0 Å². The van der Waals surface area contributed by atoms with Crippen LogP contribution < -0.4 is 4.74 Å². The molecule has 1 atom stereocenters. The Morgan fingerprint density at radius 3 is 2.58 bits per heavy atom. The molecule has 0 saturated carbocycles. The summed E-state index contributed by atoms with van der Waals surface area (Å²) in [5.41, 5.74) is 3.42. The lowest BCUT2D eigenvalue weighted by Gasteiger charge is -2.26.